The molecule has 9 nitrogen and oxygen atoms in total. The van der Waals surface area contributed by atoms with Crippen LogP contribution in [0.2, 0.25) is 0 Å². The third kappa shape index (κ3) is 4.59. The molecule has 0 aliphatic heterocycles. The molecule has 0 radical (unpaired) electrons. The van der Waals surface area contributed by atoms with Crippen molar-refractivity contribution in [1.29, 1.82) is 0 Å². The van der Waals surface area contributed by atoms with Gasteiger partial charge in [-0.05, 0) is 69.8 Å². The molecular weight excluding hydrogens is 420 g/mol. The number of carbonyl (C=O) groups excluding carboxylic acids is 2. The first-order chi connectivity index (χ1) is 15.7. The van der Waals surface area contributed by atoms with Crippen LogP contribution >= 0.6 is 0 Å². The predicted molar refractivity (Wildman–Crippen MR) is 125 cm³/mol. The number of carbonyl (C=O) groups is 2. The average Bonchev–Trinajstić information content (AvgIpc) is 3.28. The molecule has 4 fully saturated rings. The zero-order chi connectivity index (χ0) is 23.8. The third-order valence-corrected chi connectivity index (χ3v) is 7.41. The Morgan fingerprint density at radius 1 is 1.27 bits per heavy atom. The predicted octanol–water partition coefficient (Wildman–Crippen LogP) is 1.31. The minimum atomic E-state index is -0.775. The Labute approximate surface area is 194 Å². The molecule has 4 aliphatic carbocycles. The molecule has 0 saturated heterocycles. The fourth-order valence-corrected chi connectivity index (χ4v) is 6.04. The van der Waals surface area contributed by atoms with Gasteiger partial charge in [-0.2, -0.15) is 5.10 Å². The van der Waals surface area contributed by atoms with Crippen molar-refractivity contribution in [2.75, 3.05) is 7.05 Å². The quantitative estimate of drug-likeness (QED) is 0.292. The van der Waals surface area contributed by atoms with E-state index in [2.05, 4.69) is 20.7 Å². The first kappa shape index (κ1) is 23.2. The van der Waals surface area contributed by atoms with Gasteiger partial charge in [-0.1, -0.05) is 6.08 Å². The van der Waals surface area contributed by atoms with E-state index in [1.54, 1.807) is 45.4 Å². The van der Waals surface area contributed by atoms with Crippen molar-refractivity contribution >= 4 is 17.6 Å². The van der Waals surface area contributed by atoms with Gasteiger partial charge in [-0.25, -0.2) is 9.67 Å². The molecule has 2 atom stereocenters. The highest BCUT2D eigenvalue weighted by molar-refractivity contribution is 6.21. The summed E-state index contributed by atoms with van der Waals surface area (Å²) in [5, 5.41) is 20.9. The van der Waals surface area contributed by atoms with Crippen LogP contribution in [-0.4, -0.2) is 51.2 Å². The molecule has 2 unspecified atom stereocenters. The molecule has 9 heteroatoms. The monoisotopic (exact) mass is 454 g/mol. The summed E-state index contributed by atoms with van der Waals surface area (Å²) in [6, 6.07) is 1.75. The molecule has 4 saturated carbocycles. The average molecular weight is 455 g/mol. The molecule has 1 aromatic heterocycles. The molecule has 0 aromatic carbocycles. The number of nitrogens with zero attached hydrogens (tertiary/aromatic N) is 3. The molecule has 178 valence electrons. The van der Waals surface area contributed by atoms with E-state index >= 15 is 0 Å². The van der Waals surface area contributed by atoms with Crippen molar-refractivity contribution in [3.05, 3.63) is 42.5 Å². The standard InChI is InChI=1S/C24H34N6O3/c1-23(2,22(32)26-3)5-7-27-20(30-8-4-6-28-30)18(14-25)21(31)29-19-16-9-15-10-17(19)13-24(33,11-15)12-16/h4-8,14-17,19,33H,9-13,25H2,1-3H3,(H,26,32)(H,29,31)/b7-5+,18-14+,27-20-. The largest absolute Gasteiger partial charge is 0.404 e. The summed E-state index contributed by atoms with van der Waals surface area (Å²) in [5.74, 6) is 0.928. The van der Waals surface area contributed by atoms with Gasteiger partial charge in [0, 0.05) is 37.9 Å². The van der Waals surface area contributed by atoms with Crippen LogP contribution in [0.5, 0.6) is 0 Å². The summed E-state index contributed by atoms with van der Waals surface area (Å²) in [5.41, 5.74) is 4.77. The maximum atomic E-state index is 13.4. The van der Waals surface area contributed by atoms with Gasteiger partial charge in [0.05, 0.1) is 16.6 Å². The van der Waals surface area contributed by atoms with E-state index < -0.39 is 11.0 Å². The van der Waals surface area contributed by atoms with Crippen LogP contribution in [-0.2, 0) is 9.59 Å². The Hall–Kier alpha value is -2.94. The van der Waals surface area contributed by atoms with E-state index in [-0.39, 0.29) is 41.1 Å². The van der Waals surface area contributed by atoms with E-state index in [0.717, 1.165) is 32.1 Å². The molecule has 0 spiro atoms. The Kier molecular flexibility index (Phi) is 6.18. The molecule has 1 aromatic rings. The lowest BCUT2D eigenvalue weighted by Gasteiger charge is -2.58. The van der Waals surface area contributed by atoms with E-state index in [0.29, 0.717) is 5.92 Å². The molecule has 1 heterocycles. The zero-order valence-electron chi connectivity index (χ0n) is 19.5. The highest BCUT2D eigenvalue weighted by Crippen LogP contribution is 2.55. The van der Waals surface area contributed by atoms with Crippen LogP contribution in [0.15, 0.2) is 47.5 Å². The number of hydrogen-bond donors (Lipinski definition) is 4. The van der Waals surface area contributed by atoms with Gasteiger partial charge in [-0.3, -0.25) is 9.59 Å². The van der Waals surface area contributed by atoms with Crippen molar-refractivity contribution < 1.29 is 14.7 Å². The fraction of sp³-hybridized carbons (Fsp3) is 0.583. The van der Waals surface area contributed by atoms with Crippen molar-refractivity contribution in [1.82, 2.24) is 20.4 Å². The molecule has 33 heavy (non-hydrogen) atoms. The van der Waals surface area contributed by atoms with E-state index in [9.17, 15) is 14.7 Å². The number of aliphatic hydroxyl groups is 1. The lowest BCUT2D eigenvalue weighted by atomic mass is 9.52. The molecule has 2 amide bonds. The molecule has 5 N–H and O–H groups in total. The van der Waals surface area contributed by atoms with Crippen molar-refractivity contribution in [3.63, 3.8) is 0 Å². The molecular formula is C24H34N6O3. The van der Waals surface area contributed by atoms with Gasteiger partial charge in [0.25, 0.3) is 5.91 Å². The zero-order valence-corrected chi connectivity index (χ0v) is 19.5. The summed E-state index contributed by atoms with van der Waals surface area (Å²) in [6.07, 6.45) is 12.2. The number of aromatic nitrogens is 2. The van der Waals surface area contributed by atoms with Crippen molar-refractivity contribution in [2.45, 2.75) is 57.6 Å². The Morgan fingerprint density at radius 3 is 2.52 bits per heavy atom. The highest BCUT2D eigenvalue weighted by atomic mass is 16.3. The van der Waals surface area contributed by atoms with Gasteiger partial charge in [-0.15, -0.1) is 0 Å². The van der Waals surface area contributed by atoms with Crippen molar-refractivity contribution in [2.24, 2.45) is 33.9 Å². The summed E-state index contributed by atoms with van der Waals surface area (Å²) >= 11 is 0. The summed E-state index contributed by atoms with van der Waals surface area (Å²) < 4.78 is 1.48. The van der Waals surface area contributed by atoms with Crippen LogP contribution < -0.4 is 16.4 Å². The van der Waals surface area contributed by atoms with Crippen molar-refractivity contribution in [3.8, 4) is 0 Å². The number of nitrogens with one attached hydrogen (secondary N) is 2. The summed E-state index contributed by atoms with van der Waals surface area (Å²) in [7, 11) is 1.58. The summed E-state index contributed by atoms with van der Waals surface area (Å²) in [4.78, 5) is 29.9. The van der Waals surface area contributed by atoms with Crippen LogP contribution in [0, 0.1) is 23.2 Å². The Balaban J connectivity index is 1.55. The second kappa shape index (κ2) is 8.78. The SMILES string of the molecule is CNC(=O)C(C)(C)/C=C/N=C(/C(=C\N)C(=O)NC1C2CC3CC1CC(O)(C3)C2)n1cccn1. The Morgan fingerprint density at radius 2 is 1.97 bits per heavy atom. The summed E-state index contributed by atoms with van der Waals surface area (Å²) in [6.45, 7) is 3.55. The number of hydrogen-bond acceptors (Lipinski definition) is 6. The highest BCUT2D eigenvalue weighted by Gasteiger charge is 2.55. The van der Waals surface area contributed by atoms with Gasteiger partial charge in [0.15, 0.2) is 5.84 Å². The molecule has 5 rings (SSSR count). The van der Waals surface area contributed by atoms with Gasteiger partial charge < -0.3 is 21.5 Å². The minimum Gasteiger partial charge on any atom is -0.404 e. The normalized spacial score (nSPS) is 31.8. The molecule has 4 aliphatic rings. The Bertz CT molecular complexity index is 978. The number of amides is 2. The maximum Gasteiger partial charge on any atom is 0.256 e. The lowest BCUT2D eigenvalue weighted by molar-refractivity contribution is -0.145. The van der Waals surface area contributed by atoms with Gasteiger partial charge in [0.1, 0.15) is 0 Å². The lowest BCUT2D eigenvalue weighted by Crippen LogP contribution is -2.62. The second-order valence-electron chi connectivity index (χ2n) is 10.3. The topological polar surface area (TPSA) is 135 Å². The van der Waals surface area contributed by atoms with Crippen LogP contribution in [0.25, 0.3) is 0 Å². The number of rotatable bonds is 6. The third-order valence-electron chi connectivity index (χ3n) is 7.41. The van der Waals surface area contributed by atoms with Crippen LogP contribution in [0.1, 0.15) is 46.0 Å². The maximum absolute atomic E-state index is 13.4. The fourth-order valence-electron chi connectivity index (χ4n) is 6.04. The second-order valence-corrected chi connectivity index (χ2v) is 10.3. The first-order valence-corrected chi connectivity index (χ1v) is 11.6. The number of nitrogens with two attached hydrogens (primary N) is 1. The van der Waals surface area contributed by atoms with E-state index in [4.69, 9.17) is 5.73 Å². The smallest absolute Gasteiger partial charge is 0.256 e. The minimum absolute atomic E-state index is 0.0193. The van der Waals surface area contributed by atoms with Gasteiger partial charge >= 0.3 is 0 Å². The van der Waals surface area contributed by atoms with E-state index in [1.165, 1.54) is 17.1 Å². The van der Waals surface area contributed by atoms with Crippen LogP contribution in [0.3, 0.4) is 0 Å². The van der Waals surface area contributed by atoms with E-state index in [1.807, 2.05) is 0 Å². The number of aliphatic imine (C=N–C) groups is 1. The molecule has 4 bridgehead atoms. The first-order valence-electron chi connectivity index (χ1n) is 11.6. The van der Waals surface area contributed by atoms with Gasteiger partial charge in [0.2, 0.25) is 5.91 Å². The van der Waals surface area contributed by atoms with Crippen LogP contribution in [0.4, 0.5) is 0 Å².